The van der Waals surface area contributed by atoms with Crippen molar-refractivity contribution >= 4 is 22.9 Å². The molecule has 136 valence electrons. The van der Waals surface area contributed by atoms with Crippen molar-refractivity contribution in [2.24, 2.45) is 0 Å². The number of alkyl halides is 6. The topological polar surface area (TPSA) is 25.8 Å². The Hall–Kier alpha value is -2.13. The maximum atomic E-state index is 12.7. The normalized spacial score (nSPS) is 12.4. The monoisotopic (exact) mass is 408 g/mol. The van der Waals surface area contributed by atoms with Crippen molar-refractivity contribution in [1.82, 2.24) is 9.97 Å². The van der Waals surface area contributed by atoms with Gasteiger partial charge in [0.15, 0.2) is 0 Å². The van der Waals surface area contributed by atoms with Gasteiger partial charge in [-0.15, -0.1) is 11.3 Å². The summed E-state index contributed by atoms with van der Waals surface area (Å²) in [4.78, 5) is 7.97. The van der Waals surface area contributed by atoms with E-state index in [2.05, 4.69) is 9.97 Å². The maximum Gasteiger partial charge on any atom is 0.433 e. The first kappa shape index (κ1) is 18.7. The third kappa shape index (κ3) is 3.83. The largest absolute Gasteiger partial charge is 0.433 e. The zero-order valence-electron chi connectivity index (χ0n) is 12.5. The van der Waals surface area contributed by atoms with E-state index in [1.165, 1.54) is 18.3 Å². The van der Waals surface area contributed by atoms with E-state index < -0.39 is 23.6 Å². The summed E-state index contributed by atoms with van der Waals surface area (Å²) >= 11 is 7.01. The van der Waals surface area contributed by atoms with Gasteiger partial charge in [0.05, 0.1) is 15.5 Å². The van der Waals surface area contributed by atoms with E-state index in [1.807, 2.05) is 0 Å². The molecule has 0 N–H and O–H groups in total. The summed E-state index contributed by atoms with van der Waals surface area (Å²) in [6.07, 6.45) is -6.58. The molecule has 10 heteroatoms. The molecule has 2 heterocycles. The van der Waals surface area contributed by atoms with Crippen molar-refractivity contribution in [2.75, 3.05) is 0 Å². The lowest BCUT2D eigenvalue weighted by atomic mass is 10.1. The fourth-order valence-electron chi connectivity index (χ4n) is 2.10. The molecule has 0 radical (unpaired) electrons. The second-order valence-electron chi connectivity index (χ2n) is 5.15. The highest BCUT2D eigenvalue weighted by Gasteiger charge is 2.32. The van der Waals surface area contributed by atoms with E-state index in [1.54, 1.807) is 0 Å². The van der Waals surface area contributed by atoms with Crippen LogP contribution in [0.5, 0.6) is 0 Å². The molecule has 0 amide bonds. The first-order valence-corrected chi connectivity index (χ1v) is 8.12. The number of aromatic nitrogens is 2. The molecule has 3 rings (SSSR count). The first-order chi connectivity index (χ1) is 12.1. The minimum Gasteiger partial charge on any atom is -0.251 e. The third-order valence-corrected chi connectivity index (χ3v) is 4.76. The standard InChI is InChI=1S/C16H7ClF6N2S/c17-11-5-9(15(18,19)20)2-3-10(11)14-25-7-12(26-14)8-1-4-13(24-6-8)16(21,22)23/h1-7H. The summed E-state index contributed by atoms with van der Waals surface area (Å²) in [6, 6.07) is 5.00. The Morgan fingerprint density at radius 1 is 0.846 bits per heavy atom. The SMILES string of the molecule is FC(F)(F)c1ccc(-c2ncc(-c3ccc(C(F)(F)F)nc3)s2)c(Cl)c1. The third-order valence-electron chi connectivity index (χ3n) is 3.37. The van der Waals surface area contributed by atoms with Crippen molar-refractivity contribution in [3.8, 4) is 21.0 Å². The highest BCUT2D eigenvalue weighted by Crippen LogP contribution is 2.39. The van der Waals surface area contributed by atoms with Crippen molar-refractivity contribution in [1.29, 1.82) is 0 Å². The zero-order chi connectivity index (χ0) is 19.1. The Kier molecular flexibility index (Phi) is 4.70. The highest BCUT2D eigenvalue weighted by atomic mass is 35.5. The molecule has 0 aliphatic rings. The molecule has 1 aromatic carbocycles. The van der Waals surface area contributed by atoms with Gasteiger partial charge in [-0.2, -0.15) is 26.3 Å². The van der Waals surface area contributed by atoms with Crippen LogP contribution < -0.4 is 0 Å². The molecule has 2 nitrogen and oxygen atoms in total. The van der Waals surface area contributed by atoms with Gasteiger partial charge in [-0.1, -0.05) is 11.6 Å². The minimum absolute atomic E-state index is 0.119. The van der Waals surface area contributed by atoms with E-state index in [-0.39, 0.29) is 5.02 Å². The predicted octanol–water partition coefficient (Wildman–Crippen LogP) is 6.56. The molecule has 0 unspecified atom stereocenters. The van der Waals surface area contributed by atoms with Gasteiger partial charge in [0.2, 0.25) is 0 Å². The number of nitrogens with zero attached hydrogens (tertiary/aromatic N) is 2. The number of hydrogen-bond acceptors (Lipinski definition) is 3. The van der Waals surface area contributed by atoms with Gasteiger partial charge < -0.3 is 0 Å². The number of halogens is 7. The van der Waals surface area contributed by atoms with Crippen LogP contribution in [0.3, 0.4) is 0 Å². The van der Waals surface area contributed by atoms with Crippen molar-refractivity contribution in [3.63, 3.8) is 0 Å². The summed E-state index contributed by atoms with van der Waals surface area (Å²) in [7, 11) is 0. The van der Waals surface area contributed by atoms with E-state index in [0.717, 1.165) is 35.7 Å². The number of pyridine rings is 1. The van der Waals surface area contributed by atoms with Gasteiger partial charge in [0.25, 0.3) is 0 Å². The lowest BCUT2D eigenvalue weighted by Crippen LogP contribution is -2.07. The smallest absolute Gasteiger partial charge is 0.251 e. The summed E-state index contributed by atoms with van der Waals surface area (Å²) in [5.41, 5.74) is -1.19. The highest BCUT2D eigenvalue weighted by molar-refractivity contribution is 7.18. The van der Waals surface area contributed by atoms with E-state index in [4.69, 9.17) is 11.6 Å². The molecular formula is C16H7ClF6N2S. The van der Waals surface area contributed by atoms with Crippen LogP contribution in [-0.4, -0.2) is 9.97 Å². The second-order valence-corrected chi connectivity index (χ2v) is 6.59. The van der Waals surface area contributed by atoms with Gasteiger partial charge in [-0.05, 0) is 30.3 Å². The number of hydrogen-bond donors (Lipinski definition) is 0. The van der Waals surface area contributed by atoms with Crippen molar-refractivity contribution < 1.29 is 26.3 Å². The molecule has 3 aromatic rings. The summed E-state index contributed by atoms with van der Waals surface area (Å²) in [5, 5.41) is 0.227. The molecule has 2 aromatic heterocycles. The average molecular weight is 409 g/mol. The number of rotatable bonds is 2. The molecule has 26 heavy (non-hydrogen) atoms. The van der Waals surface area contributed by atoms with Gasteiger partial charge in [-0.25, -0.2) is 4.98 Å². The zero-order valence-corrected chi connectivity index (χ0v) is 14.1. The molecule has 0 spiro atoms. The van der Waals surface area contributed by atoms with Crippen LogP contribution in [0.2, 0.25) is 5.02 Å². The van der Waals surface area contributed by atoms with Crippen molar-refractivity contribution in [3.05, 3.63) is 59.0 Å². The van der Waals surface area contributed by atoms with Crippen molar-refractivity contribution in [2.45, 2.75) is 12.4 Å². The molecule has 0 saturated carbocycles. The lowest BCUT2D eigenvalue weighted by Gasteiger charge is -2.08. The molecular weight excluding hydrogens is 402 g/mol. The quantitative estimate of drug-likeness (QED) is 0.448. The molecule has 0 fully saturated rings. The Labute approximate surface area is 152 Å². The van der Waals surface area contributed by atoms with Gasteiger partial charge in [0.1, 0.15) is 10.7 Å². The predicted molar refractivity (Wildman–Crippen MR) is 85.8 cm³/mol. The fourth-order valence-corrected chi connectivity index (χ4v) is 3.38. The van der Waals surface area contributed by atoms with Crippen LogP contribution in [0.4, 0.5) is 26.3 Å². The van der Waals surface area contributed by atoms with E-state index in [9.17, 15) is 26.3 Å². The maximum absolute atomic E-state index is 12.7. The Balaban J connectivity index is 1.91. The van der Waals surface area contributed by atoms with E-state index in [0.29, 0.717) is 21.0 Å². The molecule has 0 saturated heterocycles. The lowest BCUT2D eigenvalue weighted by molar-refractivity contribution is -0.141. The molecule has 0 atom stereocenters. The Bertz CT molecular complexity index is 931. The van der Waals surface area contributed by atoms with Gasteiger partial charge in [-0.3, -0.25) is 4.98 Å². The summed E-state index contributed by atoms with van der Waals surface area (Å²) in [6.45, 7) is 0. The van der Waals surface area contributed by atoms with Crippen LogP contribution in [-0.2, 0) is 12.4 Å². The fraction of sp³-hybridized carbons (Fsp3) is 0.125. The molecule has 0 bridgehead atoms. The Morgan fingerprint density at radius 3 is 2.12 bits per heavy atom. The van der Waals surface area contributed by atoms with Gasteiger partial charge in [0, 0.05) is 23.5 Å². The van der Waals surface area contributed by atoms with Crippen LogP contribution in [0.25, 0.3) is 21.0 Å². The number of thiazole rings is 1. The van der Waals surface area contributed by atoms with E-state index >= 15 is 0 Å². The minimum atomic E-state index is -4.54. The molecule has 0 aliphatic heterocycles. The molecule has 0 aliphatic carbocycles. The van der Waals surface area contributed by atoms with Crippen LogP contribution in [0, 0.1) is 0 Å². The summed E-state index contributed by atoms with van der Waals surface area (Å²) in [5.74, 6) is 0. The van der Waals surface area contributed by atoms with Crippen LogP contribution in [0.15, 0.2) is 42.7 Å². The number of benzene rings is 1. The van der Waals surface area contributed by atoms with Crippen LogP contribution >= 0.6 is 22.9 Å². The van der Waals surface area contributed by atoms with Crippen LogP contribution in [0.1, 0.15) is 11.3 Å². The first-order valence-electron chi connectivity index (χ1n) is 6.92. The van der Waals surface area contributed by atoms with Gasteiger partial charge >= 0.3 is 12.4 Å². The summed E-state index contributed by atoms with van der Waals surface area (Å²) < 4.78 is 75.7. The second kappa shape index (κ2) is 6.55. The Morgan fingerprint density at radius 2 is 1.58 bits per heavy atom. The average Bonchev–Trinajstić information content (AvgIpc) is 3.03.